The number of aliphatic imine (C=N–C) groups is 1. The van der Waals surface area contributed by atoms with Crippen LogP contribution in [0.25, 0.3) is 0 Å². The summed E-state index contributed by atoms with van der Waals surface area (Å²) >= 11 is 0. The Morgan fingerprint density at radius 3 is 2.18 bits per heavy atom. The zero-order valence-electron chi connectivity index (χ0n) is 17.1. The molecule has 2 N–H and O–H groups in total. The van der Waals surface area contributed by atoms with Crippen LogP contribution in [-0.4, -0.2) is 38.1 Å². The van der Waals surface area contributed by atoms with Gasteiger partial charge in [0, 0.05) is 32.2 Å². The van der Waals surface area contributed by atoms with Crippen molar-refractivity contribution in [2.45, 2.75) is 38.9 Å². The molecule has 1 heterocycles. The molecule has 1 saturated heterocycles. The van der Waals surface area contributed by atoms with E-state index in [2.05, 4.69) is 50.9 Å². The minimum absolute atomic E-state index is 0.666. The van der Waals surface area contributed by atoms with Crippen LogP contribution < -0.4 is 15.4 Å². The van der Waals surface area contributed by atoms with E-state index in [9.17, 15) is 0 Å². The number of hydrogen-bond donors (Lipinski definition) is 2. The van der Waals surface area contributed by atoms with Crippen LogP contribution in [-0.2, 0) is 19.6 Å². The molecule has 28 heavy (non-hydrogen) atoms. The molecule has 1 aliphatic rings. The maximum atomic E-state index is 5.42. The summed E-state index contributed by atoms with van der Waals surface area (Å²) in [5.74, 6) is 1.68. The van der Waals surface area contributed by atoms with Crippen molar-refractivity contribution in [1.29, 1.82) is 0 Å². The Morgan fingerprint density at radius 1 is 0.893 bits per heavy atom. The highest BCUT2D eigenvalue weighted by atomic mass is 16.5. The summed E-state index contributed by atoms with van der Waals surface area (Å²) < 4.78 is 5.42. The average Bonchev–Trinajstić information content (AvgIpc) is 2.76. The van der Waals surface area contributed by atoms with E-state index < -0.39 is 0 Å². The molecule has 1 aliphatic heterocycles. The fourth-order valence-electron chi connectivity index (χ4n) is 3.67. The molecule has 0 aromatic heterocycles. The molecular weight excluding hydrogens is 348 g/mol. The number of ether oxygens (including phenoxy) is 1. The van der Waals surface area contributed by atoms with Gasteiger partial charge < -0.3 is 15.4 Å². The van der Waals surface area contributed by atoms with E-state index in [1.165, 1.54) is 43.5 Å². The number of guanidine groups is 1. The van der Waals surface area contributed by atoms with Crippen molar-refractivity contribution in [3.63, 3.8) is 0 Å². The molecule has 0 radical (unpaired) electrons. The molecule has 1 fully saturated rings. The molecule has 2 aromatic rings. The molecule has 0 unspecified atom stereocenters. The molecule has 0 saturated carbocycles. The zero-order chi connectivity index (χ0) is 19.6. The van der Waals surface area contributed by atoms with Gasteiger partial charge in [-0.2, -0.15) is 0 Å². The summed E-state index contributed by atoms with van der Waals surface area (Å²) in [4.78, 5) is 6.93. The average molecular weight is 381 g/mol. The smallest absolute Gasteiger partial charge is 0.191 e. The van der Waals surface area contributed by atoms with Crippen LogP contribution in [0.3, 0.4) is 0 Å². The first-order valence-corrected chi connectivity index (χ1v) is 10.2. The molecule has 5 nitrogen and oxygen atoms in total. The first-order valence-electron chi connectivity index (χ1n) is 10.2. The first kappa shape index (κ1) is 20.2. The van der Waals surface area contributed by atoms with E-state index in [1.54, 1.807) is 14.2 Å². The first-order chi connectivity index (χ1) is 13.8. The van der Waals surface area contributed by atoms with Gasteiger partial charge >= 0.3 is 0 Å². The summed E-state index contributed by atoms with van der Waals surface area (Å²) in [5.41, 5.74) is 3.84. The number of nitrogens with one attached hydrogen (secondary N) is 2. The van der Waals surface area contributed by atoms with Crippen LogP contribution in [0.1, 0.15) is 36.0 Å². The Balaban J connectivity index is 1.56. The minimum atomic E-state index is 0.666. The molecule has 150 valence electrons. The van der Waals surface area contributed by atoms with Gasteiger partial charge in [0.05, 0.1) is 7.11 Å². The normalized spacial score (nSPS) is 15.3. The lowest BCUT2D eigenvalue weighted by Crippen LogP contribution is -2.37. The van der Waals surface area contributed by atoms with Gasteiger partial charge in [-0.05, 0) is 43.1 Å². The summed E-state index contributed by atoms with van der Waals surface area (Å²) in [7, 11) is 3.50. The van der Waals surface area contributed by atoms with Crippen molar-refractivity contribution in [3.8, 4) is 5.75 Å². The summed E-state index contributed by atoms with van der Waals surface area (Å²) in [6, 6.07) is 16.7. The molecule has 0 amide bonds. The van der Waals surface area contributed by atoms with Crippen LogP contribution in [0.2, 0.25) is 0 Å². The molecule has 0 spiro atoms. The zero-order valence-corrected chi connectivity index (χ0v) is 17.1. The van der Waals surface area contributed by atoms with Gasteiger partial charge in [0.2, 0.25) is 0 Å². The highest BCUT2D eigenvalue weighted by Crippen LogP contribution is 2.17. The van der Waals surface area contributed by atoms with E-state index in [1.807, 2.05) is 18.2 Å². The molecular formula is C23H32N4O. The van der Waals surface area contributed by atoms with Gasteiger partial charge in [0.1, 0.15) is 5.75 Å². The molecule has 0 atom stereocenters. The Labute approximate surface area is 168 Å². The maximum Gasteiger partial charge on any atom is 0.191 e. The molecule has 5 heteroatoms. The predicted molar refractivity (Wildman–Crippen MR) is 116 cm³/mol. The third-order valence-electron chi connectivity index (χ3n) is 5.27. The Bertz CT molecular complexity index is 769. The summed E-state index contributed by atoms with van der Waals surface area (Å²) in [5, 5.41) is 6.83. The highest BCUT2D eigenvalue weighted by molar-refractivity contribution is 5.79. The SMILES string of the molecule is CN=C(NCc1ccccc1CN1CCCCC1)NCc1ccccc1OC. The van der Waals surface area contributed by atoms with Crippen molar-refractivity contribution in [2.75, 3.05) is 27.2 Å². The van der Waals surface area contributed by atoms with Crippen molar-refractivity contribution >= 4 is 5.96 Å². The third kappa shape index (κ3) is 5.73. The lowest BCUT2D eigenvalue weighted by molar-refractivity contribution is 0.220. The number of hydrogen-bond acceptors (Lipinski definition) is 3. The highest BCUT2D eigenvalue weighted by Gasteiger charge is 2.12. The molecule has 2 aromatic carbocycles. The Kier molecular flexibility index (Phi) is 7.73. The van der Waals surface area contributed by atoms with E-state index in [0.29, 0.717) is 6.54 Å². The standard InChI is InChI=1S/C23H32N4O/c1-24-23(26-17-20-11-6-7-13-22(20)28-2)25-16-19-10-4-5-12-21(19)18-27-14-8-3-9-15-27/h4-7,10-13H,3,8-9,14-18H2,1-2H3,(H2,24,25,26). The monoisotopic (exact) mass is 380 g/mol. The number of rotatable bonds is 7. The lowest BCUT2D eigenvalue weighted by Gasteiger charge is -2.27. The number of benzene rings is 2. The second-order valence-corrected chi connectivity index (χ2v) is 7.20. The van der Waals surface area contributed by atoms with Crippen LogP contribution in [0.15, 0.2) is 53.5 Å². The summed E-state index contributed by atoms with van der Waals surface area (Å²) in [6.45, 7) is 4.88. The number of likely N-dealkylation sites (tertiary alicyclic amines) is 1. The van der Waals surface area contributed by atoms with E-state index in [0.717, 1.165) is 30.4 Å². The fourth-order valence-corrected chi connectivity index (χ4v) is 3.67. The predicted octanol–water partition coefficient (Wildman–Crippen LogP) is 3.55. The largest absolute Gasteiger partial charge is 0.496 e. The molecule has 3 rings (SSSR count). The van der Waals surface area contributed by atoms with Gasteiger partial charge in [-0.15, -0.1) is 0 Å². The minimum Gasteiger partial charge on any atom is -0.496 e. The van der Waals surface area contributed by atoms with Crippen LogP contribution in [0, 0.1) is 0 Å². The number of piperidine rings is 1. The summed E-state index contributed by atoms with van der Waals surface area (Å²) in [6.07, 6.45) is 4.01. The fraction of sp³-hybridized carbons (Fsp3) is 0.435. The van der Waals surface area contributed by atoms with Gasteiger partial charge in [-0.25, -0.2) is 0 Å². The van der Waals surface area contributed by atoms with Gasteiger partial charge in [0.25, 0.3) is 0 Å². The van der Waals surface area contributed by atoms with Crippen LogP contribution in [0.5, 0.6) is 5.75 Å². The van der Waals surface area contributed by atoms with Crippen LogP contribution in [0.4, 0.5) is 0 Å². The third-order valence-corrected chi connectivity index (χ3v) is 5.27. The molecule has 0 bridgehead atoms. The number of nitrogens with zero attached hydrogens (tertiary/aromatic N) is 2. The number of para-hydroxylation sites is 1. The van der Waals surface area contributed by atoms with E-state index in [-0.39, 0.29) is 0 Å². The van der Waals surface area contributed by atoms with E-state index >= 15 is 0 Å². The second-order valence-electron chi connectivity index (χ2n) is 7.20. The Morgan fingerprint density at radius 2 is 1.50 bits per heavy atom. The Hall–Kier alpha value is -2.53. The van der Waals surface area contributed by atoms with Crippen molar-refractivity contribution in [2.24, 2.45) is 4.99 Å². The quantitative estimate of drug-likeness (QED) is 0.570. The van der Waals surface area contributed by atoms with Crippen molar-refractivity contribution in [3.05, 3.63) is 65.2 Å². The maximum absolute atomic E-state index is 5.42. The van der Waals surface area contributed by atoms with Crippen LogP contribution >= 0.6 is 0 Å². The molecule has 0 aliphatic carbocycles. The van der Waals surface area contributed by atoms with Gasteiger partial charge in [-0.3, -0.25) is 9.89 Å². The van der Waals surface area contributed by atoms with Crippen molar-refractivity contribution in [1.82, 2.24) is 15.5 Å². The second kappa shape index (κ2) is 10.7. The lowest BCUT2D eigenvalue weighted by atomic mass is 10.0. The van der Waals surface area contributed by atoms with E-state index in [4.69, 9.17) is 4.74 Å². The number of methoxy groups -OCH3 is 1. The van der Waals surface area contributed by atoms with Crippen molar-refractivity contribution < 1.29 is 4.74 Å². The van der Waals surface area contributed by atoms with Gasteiger partial charge in [-0.1, -0.05) is 48.9 Å². The topological polar surface area (TPSA) is 48.9 Å². The van der Waals surface area contributed by atoms with Gasteiger partial charge in [0.15, 0.2) is 5.96 Å².